The van der Waals surface area contributed by atoms with Gasteiger partial charge in [0.05, 0.1) is 6.10 Å². The van der Waals surface area contributed by atoms with Crippen LogP contribution in [0.5, 0.6) is 0 Å². The van der Waals surface area contributed by atoms with Gasteiger partial charge in [-0.2, -0.15) is 0 Å². The van der Waals surface area contributed by atoms with Crippen LogP contribution >= 0.6 is 0 Å². The van der Waals surface area contributed by atoms with Crippen molar-refractivity contribution in [3.63, 3.8) is 0 Å². The van der Waals surface area contributed by atoms with Crippen molar-refractivity contribution >= 4 is 5.91 Å². The van der Waals surface area contributed by atoms with Crippen LogP contribution < -0.4 is 0 Å². The second-order valence-electron chi connectivity index (χ2n) is 9.11. The summed E-state index contributed by atoms with van der Waals surface area (Å²) in [6.45, 7) is 1.80. The van der Waals surface area contributed by atoms with Crippen molar-refractivity contribution in [3.8, 4) is 0 Å². The van der Waals surface area contributed by atoms with Crippen molar-refractivity contribution in [2.75, 3.05) is 14.1 Å². The van der Waals surface area contributed by atoms with Gasteiger partial charge in [0.15, 0.2) is 0 Å². The molecule has 2 N–H and O–H groups in total. The molecule has 2 aliphatic rings. The molecule has 4 nitrogen and oxygen atoms in total. The van der Waals surface area contributed by atoms with Crippen molar-refractivity contribution in [1.82, 2.24) is 4.90 Å². The van der Waals surface area contributed by atoms with E-state index in [9.17, 15) is 15.0 Å². The second-order valence-corrected chi connectivity index (χ2v) is 9.11. The normalized spacial score (nSPS) is 28.2. The Labute approximate surface area is 174 Å². The summed E-state index contributed by atoms with van der Waals surface area (Å²) >= 11 is 0. The van der Waals surface area contributed by atoms with E-state index >= 15 is 0 Å². The van der Waals surface area contributed by atoms with Crippen LogP contribution in [0.25, 0.3) is 0 Å². The molecule has 1 aromatic carbocycles. The first-order valence-electron chi connectivity index (χ1n) is 10.8. The topological polar surface area (TPSA) is 60.8 Å². The zero-order valence-corrected chi connectivity index (χ0v) is 17.9. The average Bonchev–Trinajstić information content (AvgIpc) is 3.20. The fourth-order valence-electron chi connectivity index (χ4n) is 4.81. The number of amides is 1. The summed E-state index contributed by atoms with van der Waals surface area (Å²) in [7, 11) is 3.61. The molecule has 1 saturated carbocycles. The van der Waals surface area contributed by atoms with E-state index in [4.69, 9.17) is 0 Å². The summed E-state index contributed by atoms with van der Waals surface area (Å²) in [5.41, 5.74) is 1.29. The van der Waals surface area contributed by atoms with Crippen LogP contribution in [0.4, 0.5) is 0 Å². The van der Waals surface area contributed by atoms with Gasteiger partial charge in [-0.1, -0.05) is 54.1 Å². The molecule has 1 amide bonds. The molecule has 0 heterocycles. The Morgan fingerprint density at radius 2 is 1.97 bits per heavy atom. The zero-order chi connectivity index (χ0) is 21.0. The van der Waals surface area contributed by atoms with Gasteiger partial charge in [0.1, 0.15) is 5.60 Å². The molecule has 0 unspecified atom stereocenters. The maximum Gasteiger partial charge on any atom is 0.222 e. The molecular formula is C25H35NO3. The lowest BCUT2D eigenvalue weighted by molar-refractivity contribution is -0.128. The van der Waals surface area contributed by atoms with Crippen LogP contribution in [0.3, 0.4) is 0 Å². The molecule has 2 aliphatic carbocycles. The number of carbonyl (C=O) groups is 1. The highest BCUT2D eigenvalue weighted by Crippen LogP contribution is 2.48. The maximum atomic E-state index is 11.7. The van der Waals surface area contributed by atoms with E-state index in [1.165, 1.54) is 5.57 Å². The van der Waals surface area contributed by atoms with Gasteiger partial charge >= 0.3 is 0 Å². The quantitative estimate of drug-likeness (QED) is 0.514. The number of unbranched alkanes of at least 4 members (excludes halogenated alkanes) is 1. The Hall–Kier alpha value is -1.91. The molecule has 0 bridgehead atoms. The molecule has 0 saturated heterocycles. The summed E-state index contributed by atoms with van der Waals surface area (Å²) in [5.74, 6) is 1.13. The van der Waals surface area contributed by atoms with Crippen molar-refractivity contribution in [2.24, 2.45) is 17.8 Å². The Bertz CT molecular complexity index is 751. The van der Waals surface area contributed by atoms with Crippen LogP contribution in [0.15, 0.2) is 54.1 Å². The van der Waals surface area contributed by atoms with Crippen LogP contribution in [0.1, 0.15) is 51.0 Å². The highest BCUT2D eigenvalue weighted by atomic mass is 16.3. The minimum Gasteiger partial charge on any atom is -0.392 e. The number of fused-ring (bicyclic) bond motifs is 1. The summed E-state index contributed by atoms with van der Waals surface area (Å²) in [4.78, 5) is 13.3. The number of carbonyl (C=O) groups excluding carboxylic acids is 1. The summed E-state index contributed by atoms with van der Waals surface area (Å²) in [6.07, 6.45) is 11.4. The van der Waals surface area contributed by atoms with Crippen molar-refractivity contribution in [3.05, 3.63) is 59.7 Å². The highest BCUT2D eigenvalue weighted by molar-refractivity contribution is 5.75. The monoisotopic (exact) mass is 397 g/mol. The lowest BCUT2D eigenvalue weighted by atomic mass is 9.86. The number of allylic oxidation sites excluding steroid dienone is 2. The third-order valence-corrected chi connectivity index (χ3v) is 6.59. The van der Waals surface area contributed by atoms with E-state index in [0.717, 1.165) is 37.7 Å². The fraction of sp³-hybridized carbons (Fsp3) is 0.560. The molecule has 0 radical (unpaired) electrons. The largest absolute Gasteiger partial charge is 0.392 e. The molecule has 29 heavy (non-hydrogen) atoms. The highest BCUT2D eigenvalue weighted by Gasteiger charge is 2.43. The predicted molar refractivity (Wildman–Crippen MR) is 116 cm³/mol. The molecule has 1 fully saturated rings. The van der Waals surface area contributed by atoms with E-state index in [2.05, 4.69) is 6.08 Å². The first-order valence-corrected chi connectivity index (χ1v) is 10.8. The lowest BCUT2D eigenvalue weighted by Crippen LogP contribution is -2.21. The summed E-state index contributed by atoms with van der Waals surface area (Å²) < 4.78 is 0. The number of aliphatic hydroxyl groups is 2. The number of hydrogen-bond donors (Lipinski definition) is 2. The van der Waals surface area contributed by atoms with E-state index in [-0.39, 0.29) is 17.9 Å². The van der Waals surface area contributed by atoms with Crippen LogP contribution in [-0.2, 0) is 10.4 Å². The Morgan fingerprint density at radius 3 is 2.66 bits per heavy atom. The van der Waals surface area contributed by atoms with Gasteiger partial charge in [0.25, 0.3) is 0 Å². The van der Waals surface area contributed by atoms with Gasteiger partial charge in [-0.25, -0.2) is 0 Å². The first-order chi connectivity index (χ1) is 13.8. The number of hydrogen-bond acceptors (Lipinski definition) is 3. The van der Waals surface area contributed by atoms with E-state index in [1.807, 2.05) is 42.5 Å². The second kappa shape index (κ2) is 9.27. The van der Waals surface area contributed by atoms with E-state index in [0.29, 0.717) is 18.3 Å². The molecule has 158 valence electrons. The molecule has 0 aromatic heterocycles. The zero-order valence-electron chi connectivity index (χ0n) is 17.9. The molecule has 0 spiro atoms. The molecular weight excluding hydrogens is 362 g/mol. The number of nitrogens with zero attached hydrogens (tertiary/aromatic N) is 1. The molecule has 3 rings (SSSR count). The van der Waals surface area contributed by atoms with Crippen LogP contribution in [0, 0.1) is 17.8 Å². The van der Waals surface area contributed by atoms with Crippen LogP contribution in [-0.4, -0.2) is 41.2 Å². The van der Waals surface area contributed by atoms with Gasteiger partial charge in [-0.05, 0) is 56.4 Å². The average molecular weight is 398 g/mol. The molecule has 5 atom stereocenters. The molecule has 1 aromatic rings. The fourth-order valence-corrected chi connectivity index (χ4v) is 4.81. The molecule has 4 heteroatoms. The number of aliphatic hydroxyl groups excluding tert-OH is 1. The Balaban J connectivity index is 1.54. The minimum atomic E-state index is -1.03. The smallest absolute Gasteiger partial charge is 0.222 e. The molecule has 0 aliphatic heterocycles. The standard InChI is InChI=1S/C25H35NO3/c1-25(29,20-10-5-4-6-11-20)14-13-21-22-16-18(15-19(22)17-23(21)27)9-7-8-12-24(28)26(2)3/h4-6,10-11,13-15,19,21-23,27,29H,7-9,12,16-17H2,1-3H3/t19-,21+,22-,23+,25-/m0/s1. The van der Waals surface area contributed by atoms with Crippen molar-refractivity contribution < 1.29 is 15.0 Å². The maximum absolute atomic E-state index is 11.7. The number of benzene rings is 1. The Morgan fingerprint density at radius 1 is 1.24 bits per heavy atom. The van der Waals surface area contributed by atoms with Gasteiger partial charge in [-0.3, -0.25) is 4.79 Å². The third-order valence-electron chi connectivity index (χ3n) is 6.59. The van der Waals surface area contributed by atoms with Crippen molar-refractivity contribution in [2.45, 2.75) is 57.2 Å². The first kappa shape index (κ1) is 21.8. The third kappa shape index (κ3) is 5.37. The summed E-state index contributed by atoms with van der Waals surface area (Å²) in [5, 5.41) is 21.4. The van der Waals surface area contributed by atoms with E-state index < -0.39 is 5.60 Å². The predicted octanol–water partition coefficient (Wildman–Crippen LogP) is 4.04. The van der Waals surface area contributed by atoms with Crippen LogP contribution in [0.2, 0.25) is 0 Å². The minimum absolute atomic E-state index is 0.0826. The van der Waals surface area contributed by atoms with Gasteiger partial charge in [-0.15, -0.1) is 0 Å². The number of rotatable bonds is 8. The summed E-state index contributed by atoms with van der Waals surface area (Å²) in [6, 6.07) is 9.65. The van der Waals surface area contributed by atoms with Gasteiger partial charge in [0.2, 0.25) is 5.91 Å². The van der Waals surface area contributed by atoms with E-state index in [1.54, 1.807) is 25.9 Å². The Kier molecular flexibility index (Phi) is 6.97. The van der Waals surface area contributed by atoms with Crippen molar-refractivity contribution in [1.29, 1.82) is 0 Å². The lowest BCUT2D eigenvalue weighted by Gasteiger charge is -2.23. The van der Waals surface area contributed by atoms with Gasteiger partial charge < -0.3 is 15.1 Å². The van der Waals surface area contributed by atoms with Gasteiger partial charge in [0, 0.05) is 26.4 Å². The SMILES string of the molecule is CN(C)C(=O)CCCCC1=C[C@H]2C[C@@H](O)[C@H](C=C[C@](C)(O)c3ccccc3)[C@H]2C1.